The van der Waals surface area contributed by atoms with Crippen molar-refractivity contribution < 1.29 is 14.3 Å². The summed E-state index contributed by atoms with van der Waals surface area (Å²) in [6.45, 7) is 2.00. The molecular formula is C19H18N2O3S. The van der Waals surface area contributed by atoms with Gasteiger partial charge in [0, 0.05) is 6.08 Å². The molecule has 25 heavy (non-hydrogen) atoms. The first-order valence-corrected chi connectivity index (χ1v) is 7.94. The lowest BCUT2D eigenvalue weighted by Gasteiger charge is -2.11. The Morgan fingerprint density at radius 2 is 1.76 bits per heavy atom. The van der Waals surface area contributed by atoms with Crippen LogP contribution in [0.15, 0.2) is 54.6 Å². The van der Waals surface area contributed by atoms with Gasteiger partial charge >= 0.3 is 5.97 Å². The number of benzene rings is 2. The summed E-state index contributed by atoms with van der Waals surface area (Å²) in [5.41, 5.74) is 2.85. The van der Waals surface area contributed by atoms with E-state index in [4.69, 9.17) is 17.0 Å². The largest absolute Gasteiger partial charge is 0.465 e. The number of carbonyl (C=O) groups is 2. The highest BCUT2D eigenvalue weighted by Gasteiger charge is 2.12. The van der Waals surface area contributed by atoms with Gasteiger partial charge in [0.25, 0.3) is 0 Å². The van der Waals surface area contributed by atoms with E-state index < -0.39 is 5.97 Å². The van der Waals surface area contributed by atoms with Gasteiger partial charge in [0.15, 0.2) is 5.11 Å². The molecule has 6 heteroatoms. The lowest BCUT2D eigenvalue weighted by Crippen LogP contribution is -2.33. The van der Waals surface area contributed by atoms with Gasteiger partial charge < -0.3 is 10.1 Å². The first-order chi connectivity index (χ1) is 12.0. The van der Waals surface area contributed by atoms with Crippen LogP contribution in [-0.2, 0) is 9.53 Å². The van der Waals surface area contributed by atoms with Crippen molar-refractivity contribution in [2.45, 2.75) is 6.92 Å². The Labute approximate surface area is 151 Å². The summed E-state index contributed by atoms with van der Waals surface area (Å²) in [5.74, 6) is -0.856. The Bertz CT molecular complexity index is 814. The molecule has 2 rings (SSSR count). The molecule has 5 nitrogen and oxygen atoms in total. The molecule has 2 aromatic carbocycles. The van der Waals surface area contributed by atoms with Crippen LogP contribution in [-0.4, -0.2) is 24.1 Å². The number of anilines is 1. The molecule has 0 fully saturated rings. The highest BCUT2D eigenvalue weighted by molar-refractivity contribution is 7.80. The topological polar surface area (TPSA) is 67.4 Å². The highest BCUT2D eigenvalue weighted by Crippen LogP contribution is 2.15. The van der Waals surface area contributed by atoms with Crippen molar-refractivity contribution in [2.75, 3.05) is 12.4 Å². The summed E-state index contributed by atoms with van der Waals surface area (Å²) in [7, 11) is 1.30. The standard InChI is InChI=1S/C19H18N2O3S/c1-13-7-9-14(10-8-13)11-12-17(22)21-19(25)20-16-6-4-3-5-15(16)18(23)24-2/h3-12H,1-2H3,(H2,20,21,22,25)/b12-11-. The zero-order valence-corrected chi connectivity index (χ0v) is 14.7. The number of carbonyl (C=O) groups excluding carboxylic acids is 2. The van der Waals surface area contributed by atoms with Gasteiger partial charge in [-0.25, -0.2) is 4.79 Å². The van der Waals surface area contributed by atoms with Crippen molar-refractivity contribution in [1.82, 2.24) is 5.32 Å². The van der Waals surface area contributed by atoms with E-state index in [9.17, 15) is 9.59 Å². The van der Waals surface area contributed by atoms with Gasteiger partial charge in [-0.15, -0.1) is 0 Å². The molecule has 0 spiro atoms. The maximum atomic E-state index is 11.9. The fourth-order valence-corrected chi connectivity index (χ4v) is 2.25. The quantitative estimate of drug-likeness (QED) is 0.501. The molecule has 0 aliphatic carbocycles. The third-order valence-corrected chi connectivity index (χ3v) is 3.53. The van der Waals surface area contributed by atoms with Crippen LogP contribution in [0.3, 0.4) is 0 Å². The van der Waals surface area contributed by atoms with Crippen molar-refractivity contribution in [3.8, 4) is 0 Å². The Hall–Kier alpha value is -2.99. The molecule has 2 N–H and O–H groups in total. The maximum absolute atomic E-state index is 11.9. The van der Waals surface area contributed by atoms with Gasteiger partial charge in [-0.3, -0.25) is 10.1 Å². The fraction of sp³-hybridized carbons (Fsp3) is 0.105. The van der Waals surface area contributed by atoms with Crippen LogP contribution in [0.25, 0.3) is 6.08 Å². The van der Waals surface area contributed by atoms with E-state index in [1.165, 1.54) is 13.2 Å². The van der Waals surface area contributed by atoms with Gasteiger partial charge in [0.2, 0.25) is 5.91 Å². The second-order valence-electron chi connectivity index (χ2n) is 5.22. The van der Waals surface area contributed by atoms with Crippen LogP contribution < -0.4 is 10.6 Å². The lowest BCUT2D eigenvalue weighted by atomic mass is 10.1. The van der Waals surface area contributed by atoms with Crippen LogP contribution in [0.4, 0.5) is 5.69 Å². The third-order valence-electron chi connectivity index (χ3n) is 3.32. The number of aryl methyl sites for hydroxylation is 1. The first kappa shape index (κ1) is 18.4. The van der Waals surface area contributed by atoms with Crippen LogP contribution >= 0.6 is 12.2 Å². The molecule has 0 aliphatic heterocycles. The maximum Gasteiger partial charge on any atom is 0.339 e. The lowest BCUT2D eigenvalue weighted by molar-refractivity contribution is -0.115. The first-order valence-electron chi connectivity index (χ1n) is 7.53. The highest BCUT2D eigenvalue weighted by atomic mass is 32.1. The van der Waals surface area contributed by atoms with Crippen molar-refractivity contribution in [3.05, 3.63) is 71.3 Å². The average molecular weight is 354 g/mol. The Morgan fingerprint density at radius 3 is 2.44 bits per heavy atom. The molecule has 2 aromatic rings. The number of methoxy groups -OCH3 is 1. The van der Waals surface area contributed by atoms with E-state index in [1.54, 1.807) is 30.3 Å². The van der Waals surface area contributed by atoms with E-state index in [0.717, 1.165) is 11.1 Å². The van der Waals surface area contributed by atoms with Crippen molar-refractivity contribution in [2.24, 2.45) is 0 Å². The van der Waals surface area contributed by atoms with Gasteiger partial charge in [-0.2, -0.15) is 0 Å². The zero-order valence-electron chi connectivity index (χ0n) is 13.9. The van der Waals surface area contributed by atoms with E-state index in [0.29, 0.717) is 11.3 Å². The second kappa shape index (κ2) is 8.75. The Morgan fingerprint density at radius 1 is 1.08 bits per heavy atom. The van der Waals surface area contributed by atoms with E-state index in [2.05, 4.69) is 10.6 Å². The average Bonchev–Trinajstić information content (AvgIpc) is 2.61. The summed E-state index contributed by atoms with van der Waals surface area (Å²) in [6, 6.07) is 14.5. The Kier molecular flexibility index (Phi) is 6.42. The molecule has 0 radical (unpaired) electrons. The summed E-state index contributed by atoms with van der Waals surface area (Å²) in [5, 5.41) is 5.46. The SMILES string of the molecule is COC(=O)c1ccccc1NC(=S)NC(=O)/C=C\c1ccc(C)cc1. The number of esters is 1. The van der Waals surface area contributed by atoms with Gasteiger partial charge in [0.1, 0.15) is 0 Å². The third kappa shape index (κ3) is 5.54. The van der Waals surface area contributed by atoms with Gasteiger partial charge in [-0.05, 0) is 42.9 Å². The minimum Gasteiger partial charge on any atom is -0.465 e. The predicted molar refractivity (Wildman–Crippen MR) is 102 cm³/mol. The smallest absolute Gasteiger partial charge is 0.339 e. The van der Waals surface area contributed by atoms with Gasteiger partial charge in [-0.1, -0.05) is 42.0 Å². The number of nitrogens with one attached hydrogen (secondary N) is 2. The predicted octanol–water partition coefficient (Wildman–Crippen LogP) is 3.31. The summed E-state index contributed by atoms with van der Waals surface area (Å²) in [6.07, 6.45) is 3.09. The second-order valence-corrected chi connectivity index (χ2v) is 5.63. The molecular weight excluding hydrogens is 336 g/mol. The van der Waals surface area contributed by atoms with Crippen molar-refractivity contribution in [1.29, 1.82) is 0 Å². The summed E-state index contributed by atoms with van der Waals surface area (Å²) >= 11 is 5.11. The zero-order chi connectivity index (χ0) is 18.2. The van der Waals surface area contributed by atoms with Crippen molar-refractivity contribution >= 4 is 41.0 Å². The van der Waals surface area contributed by atoms with Gasteiger partial charge in [0.05, 0.1) is 18.4 Å². The van der Waals surface area contributed by atoms with E-state index >= 15 is 0 Å². The molecule has 0 aliphatic rings. The molecule has 0 aromatic heterocycles. The molecule has 128 valence electrons. The molecule has 0 heterocycles. The molecule has 0 unspecified atom stereocenters. The van der Waals surface area contributed by atoms with Crippen LogP contribution in [0, 0.1) is 6.92 Å². The molecule has 0 saturated heterocycles. The number of hydrogen-bond acceptors (Lipinski definition) is 4. The number of amides is 1. The normalized spacial score (nSPS) is 10.3. The van der Waals surface area contributed by atoms with Crippen LogP contribution in [0.1, 0.15) is 21.5 Å². The minimum atomic E-state index is -0.489. The Balaban J connectivity index is 1.97. The number of hydrogen-bond donors (Lipinski definition) is 2. The monoisotopic (exact) mass is 354 g/mol. The molecule has 0 bridgehead atoms. The number of ether oxygens (including phenoxy) is 1. The molecule has 1 amide bonds. The van der Waals surface area contributed by atoms with Crippen LogP contribution in [0.5, 0.6) is 0 Å². The van der Waals surface area contributed by atoms with Crippen LogP contribution in [0.2, 0.25) is 0 Å². The minimum absolute atomic E-state index is 0.0925. The summed E-state index contributed by atoms with van der Waals surface area (Å²) < 4.78 is 4.71. The molecule has 0 atom stereocenters. The fourth-order valence-electron chi connectivity index (χ4n) is 2.04. The van der Waals surface area contributed by atoms with E-state index in [-0.39, 0.29) is 11.0 Å². The number of thiocarbonyl (C=S) groups is 1. The van der Waals surface area contributed by atoms with Crippen molar-refractivity contribution in [3.63, 3.8) is 0 Å². The molecule has 0 saturated carbocycles. The number of rotatable bonds is 4. The number of para-hydroxylation sites is 1. The summed E-state index contributed by atoms with van der Waals surface area (Å²) in [4.78, 5) is 23.7. The van der Waals surface area contributed by atoms with E-state index in [1.807, 2.05) is 31.2 Å².